The Morgan fingerprint density at radius 1 is 1.07 bits per heavy atom. The third-order valence-corrected chi connectivity index (χ3v) is 8.67. The van der Waals surface area contributed by atoms with Crippen molar-refractivity contribution >= 4 is 57.3 Å². The van der Waals surface area contributed by atoms with Gasteiger partial charge in [0.15, 0.2) is 16.6 Å². The van der Waals surface area contributed by atoms with Gasteiger partial charge in [-0.05, 0) is 31.4 Å². The van der Waals surface area contributed by atoms with Crippen LogP contribution in [0.15, 0.2) is 24.3 Å². The standard InChI is InChI=1S/C30H40N6O6S/c1-6-7-10-26(38)34-12-14-35(15-13-34)30-31-22-17-25(42-5)24(41-4)16-21(22)27(33-30)32-28(39)23-9-8-11-36(23)29(40)19(2)18-43-20(3)37/h7,10,16-17,19,23H,6,8-9,11-15,18H2,1-5H3,(H,31,32,33,39)/t19?,23-/m0/s1. The first-order valence-electron chi connectivity index (χ1n) is 14.6. The summed E-state index contributed by atoms with van der Waals surface area (Å²) in [4.78, 5) is 65.7. The van der Waals surface area contributed by atoms with Crippen molar-refractivity contribution in [2.45, 2.75) is 46.1 Å². The Hall–Kier alpha value is -3.87. The molecule has 0 radical (unpaired) electrons. The van der Waals surface area contributed by atoms with E-state index in [4.69, 9.17) is 19.4 Å². The number of nitrogens with one attached hydrogen (secondary N) is 1. The van der Waals surface area contributed by atoms with Crippen LogP contribution in [0.4, 0.5) is 11.8 Å². The maximum absolute atomic E-state index is 13.7. The number of allylic oxidation sites excluding steroid dienone is 1. The van der Waals surface area contributed by atoms with E-state index < -0.39 is 12.0 Å². The molecule has 1 aromatic carbocycles. The normalized spacial score (nSPS) is 17.8. The summed E-state index contributed by atoms with van der Waals surface area (Å²) in [5, 5.41) is 3.50. The highest BCUT2D eigenvalue weighted by Gasteiger charge is 2.36. The third kappa shape index (κ3) is 7.56. The fourth-order valence-electron chi connectivity index (χ4n) is 5.23. The number of hydrogen-bond donors (Lipinski definition) is 1. The Balaban J connectivity index is 1.60. The Labute approximate surface area is 256 Å². The van der Waals surface area contributed by atoms with E-state index in [0.29, 0.717) is 85.5 Å². The number of thioether (sulfide) groups is 1. The van der Waals surface area contributed by atoms with Crippen LogP contribution in [0.25, 0.3) is 10.9 Å². The molecule has 1 aromatic heterocycles. The Kier molecular flexibility index (Phi) is 10.8. The van der Waals surface area contributed by atoms with Crippen LogP contribution in [0.3, 0.4) is 0 Å². The van der Waals surface area contributed by atoms with Gasteiger partial charge in [0, 0.05) is 62.8 Å². The van der Waals surface area contributed by atoms with Crippen molar-refractivity contribution in [2.24, 2.45) is 5.92 Å². The second kappa shape index (κ2) is 14.5. The van der Waals surface area contributed by atoms with Gasteiger partial charge >= 0.3 is 0 Å². The number of aromatic nitrogens is 2. The summed E-state index contributed by atoms with van der Waals surface area (Å²) in [5.41, 5.74) is 0.552. The summed E-state index contributed by atoms with van der Waals surface area (Å²) in [5.74, 6) is 1.14. The lowest BCUT2D eigenvalue weighted by molar-refractivity contribution is -0.139. The number of nitrogens with zero attached hydrogens (tertiary/aromatic N) is 5. The lowest BCUT2D eigenvalue weighted by atomic mass is 10.1. The number of carbonyl (C=O) groups is 4. The molecule has 43 heavy (non-hydrogen) atoms. The largest absolute Gasteiger partial charge is 0.493 e. The number of anilines is 2. The monoisotopic (exact) mass is 612 g/mol. The lowest BCUT2D eigenvalue weighted by Crippen LogP contribution is -2.49. The lowest BCUT2D eigenvalue weighted by Gasteiger charge is -2.34. The summed E-state index contributed by atoms with van der Waals surface area (Å²) in [6, 6.07) is 2.81. The van der Waals surface area contributed by atoms with Gasteiger partial charge in [0.05, 0.1) is 19.7 Å². The molecule has 232 valence electrons. The number of benzene rings is 1. The van der Waals surface area contributed by atoms with Crippen molar-refractivity contribution in [3.8, 4) is 11.5 Å². The quantitative estimate of drug-likeness (QED) is 0.399. The van der Waals surface area contributed by atoms with Crippen LogP contribution < -0.4 is 19.7 Å². The number of likely N-dealkylation sites (tertiary alicyclic amines) is 1. The minimum atomic E-state index is -0.656. The van der Waals surface area contributed by atoms with E-state index >= 15 is 0 Å². The number of fused-ring (bicyclic) bond motifs is 1. The van der Waals surface area contributed by atoms with E-state index in [9.17, 15) is 19.2 Å². The van der Waals surface area contributed by atoms with Crippen LogP contribution in [0.1, 0.15) is 40.0 Å². The molecule has 1 unspecified atom stereocenters. The van der Waals surface area contributed by atoms with Crippen molar-refractivity contribution in [3.63, 3.8) is 0 Å². The average Bonchev–Trinajstić information content (AvgIpc) is 3.51. The second-order valence-electron chi connectivity index (χ2n) is 10.6. The molecular weight excluding hydrogens is 572 g/mol. The number of carbonyl (C=O) groups excluding carboxylic acids is 4. The van der Waals surface area contributed by atoms with Gasteiger partial charge in [0.1, 0.15) is 11.9 Å². The van der Waals surface area contributed by atoms with Crippen LogP contribution >= 0.6 is 11.8 Å². The molecule has 0 bridgehead atoms. The van der Waals surface area contributed by atoms with E-state index in [2.05, 4.69) is 5.32 Å². The number of rotatable bonds is 10. The van der Waals surface area contributed by atoms with E-state index in [1.54, 1.807) is 42.0 Å². The highest BCUT2D eigenvalue weighted by molar-refractivity contribution is 8.13. The predicted octanol–water partition coefficient (Wildman–Crippen LogP) is 3.11. The van der Waals surface area contributed by atoms with Gasteiger partial charge < -0.3 is 29.5 Å². The van der Waals surface area contributed by atoms with Crippen molar-refractivity contribution in [1.29, 1.82) is 0 Å². The minimum absolute atomic E-state index is 0.0180. The Morgan fingerprint density at radius 3 is 2.42 bits per heavy atom. The molecular formula is C30H40N6O6S. The van der Waals surface area contributed by atoms with Crippen LogP contribution in [0.2, 0.25) is 0 Å². The molecule has 2 saturated heterocycles. The van der Waals surface area contributed by atoms with Gasteiger partial charge in [-0.2, -0.15) is 4.98 Å². The molecule has 2 aromatic rings. The molecule has 0 saturated carbocycles. The number of amides is 3. The number of piperazine rings is 1. The maximum Gasteiger partial charge on any atom is 0.248 e. The predicted molar refractivity (Wildman–Crippen MR) is 167 cm³/mol. The molecule has 2 aliphatic rings. The van der Waals surface area contributed by atoms with E-state index in [1.807, 2.05) is 17.9 Å². The first-order valence-corrected chi connectivity index (χ1v) is 15.5. The van der Waals surface area contributed by atoms with Gasteiger partial charge in [-0.3, -0.25) is 19.2 Å². The van der Waals surface area contributed by atoms with Gasteiger partial charge in [-0.25, -0.2) is 4.98 Å². The van der Waals surface area contributed by atoms with E-state index in [1.165, 1.54) is 14.0 Å². The molecule has 12 nitrogen and oxygen atoms in total. The Morgan fingerprint density at radius 2 is 1.77 bits per heavy atom. The molecule has 4 rings (SSSR count). The van der Waals surface area contributed by atoms with Gasteiger partial charge in [-0.15, -0.1) is 0 Å². The number of methoxy groups -OCH3 is 2. The molecule has 2 aliphatic heterocycles. The van der Waals surface area contributed by atoms with Gasteiger partial charge in [0.2, 0.25) is 23.7 Å². The zero-order valence-electron chi connectivity index (χ0n) is 25.4. The van der Waals surface area contributed by atoms with Crippen molar-refractivity contribution in [1.82, 2.24) is 19.8 Å². The van der Waals surface area contributed by atoms with Crippen molar-refractivity contribution in [2.75, 3.05) is 62.9 Å². The average molecular weight is 613 g/mol. The zero-order valence-corrected chi connectivity index (χ0v) is 26.2. The number of ether oxygens (including phenoxy) is 2. The zero-order chi connectivity index (χ0) is 31.1. The molecule has 3 amide bonds. The first-order chi connectivity index (χ1) is 20.7. The first kappa shape index (κ1) is 32.1. The fourth-order valence-corrected chi connectivity index (χ4v) is 5.86. The fraction of sp³-hybridized carbons (Fsp3) is 0.533. The number of hydrogen-bond acceptors (Lipinski definition) is 10. The smallest absolute Gasteiger partial charge is 0.248 e. The van der Waals surface area contributed by atoms with Crippen molar-refractivity contribution in [3.05, 3.63) is 24.3 Å². The highest BCUT2D eigenvalue weighted by atomic mass is 32.2. The van der Waals surface area contributed by atoms with E-state index in [-0.39, 0.29) is 22.8 Å². The highest BCUT2D eigenvalue weighted by Crippen LogP contribution is 2.35. The molecule has 2 atom stereocenters. The summed E-state index contributed by atoms with van der Waals surface area (Å²) >= 11 is 1.11. The molecule has 0 spiro atoms. The van der Waals surface area contributed by atoms with Crippen LogP contribution in [-0.2, 0) is 19.2 Å². The molecule has 1 N–H and O–H groups in total. The SMILES string of the molecule is CCC=CC(=O)N1CCN(c2nc(NC(=O)[C@@H]3CCCN3C(=O)C(C)CSC(C)=O)c3cc(OC)c(OC)cc3n2)CC1. The maximum atomic E-state index is 13.7. The summed E-state index contributed by atoms with van der Waals surface area (Å²) in [7, 11) is 3.07. The molecule has 0 aliphatic carbocycles. The van der Waals surface area contributed by atoms with Crippen LogP contribution in [0.5, 0.6) is 11.5 Å². The van der Waals surface area contributed by atoms with Gasteiger partial charge in [0.25, 0.3) is 0 Å². The summed E-state index contributed by atoms with van der Waals surface area (Å²) in [6.07, 6.45) is 5.48. The third-order valence-electron chi connectivity index (χ3n) is 7.60. The van der Waals surface area contributed by atoms with Crippen LogP contribution in [0, 0.1) is 5.92 Å². The molecule has 2 fully saturated rings. The topological polar surface area (TPSA) is 134 Å². The summed E-state index contributed by atoms with van der Waals surface area (Å²) in [6.45, 7) is 7.80. The Bertz CT molecular complexity index is 1390. The molecule has 13 heteroatoms. The van der Waals surface area contributed by atoms with Crippen LogP contribution in [-0.4, -0.2) is 101 Å². The van der Waals surface area contributed by atoms with E-state index in [0.717, 1.165) is 18.2 Å². The minimum Gasteiger partial charge on any atom is -0.493 e. The summed E-state index contributed by atoms with van der Waals surface area (Å²) < 4.78 is 11.0. The second-order valence-corrected chi connectivity index (χ2v) is 11.8. The molecule has 3 heterocycles. The van der Waals surface area contributed by atoms with Crippen molar-refractivity contribution < 1.29 is 28.7 Å². The van der Waals surface area contributed by atoms with Gasteiger partial charge in [-0.1, -0.05) is 31.7 Å².